The summed E-state index contributed by atoms with van der Waals surface area (Å²) in [5, 5.41) is 2.44. The van der Waals surface area contributed by atoms with Crippen molar-refractivity contribution in [3.63, 3.8) is 0 Å². The number of fused-ring (bicyclic) bond motifs is 2. The standard InChI is InChI=1S/C16H14ClNO9S2.2K/c1-8(19)18-14-7-12-11(6-13(14)17)15(26-28(20,21)22)9-4-2-3-5-10(9)16(12)27-29(23,24)25;;/h2-7,15-16H,1H3,(H,18,19)(H,20,21,22)(H,23,24,25);;. The summed E-state index contributed by atoms with van der Waals surface area (Å²) in [5.74, 6) is -0.471. The summed E-state index contributed by atoms with van der Waals surface area (Å²) in [6, 6.07) is 8.44. The Kier molecular flexibility index (Phi) is 11.5. The first kappa shape index (κ1) is 30.2. The topological polar surface area (TPSA) is 156 Å². The molecule has 0 aliphatic heterocycles. The molecule has 0 spiro atoms. The summed E-state index contributed by atoms with van der Waals surface area (Å²) in [6.45, 7) is 1.22. The zero-order valence-corrected chi connectivity index (χ0v) is 25.2. The Labute approximate surface area is 269 Å². The molecule has 31 heavy (non-hydrogen) atoms. The fraction of sp³-hybridized carbons (Fsp3) is 0.188. The van der Waals surface area contributed by atoms with Gasteiger partial charge in [0.2, 0.25) is 5.91 Å². The van der Waals surface area contributed by atoms with Crippen molar-refractivity contribution in [2.75, 3.05) is 5.32 Å². The predicted octanol–water partition coefficient (Wildman–Crippen LogP) is 1.67. The minimum atomic E-state index is -4.94. The first-order valence-electron chi connectivity index (χ1n) is 7.87. The van der Waals surface area contributed by atoms with Crippen LogP contribution in [0, 0.1) is 0 Å². The Balaban J connectivity index is 0.00000240. The SMILES string of the molecule is CC(=O)Nc1cc2c(cc1Cl)C(OS(=O)(=O)O)c1ccccc1C2OS(=O)(=O)O.[K].[K]. The second-order valence-electron chi connectivity index (χ2n) is 6.08. The van der Waals surface area contributed by atoms with E-state index in [1.807, 2.05) is 0 Å². The summed E-state index contributed by atoms with van der Waals surface area (Å²) in [7, 11) is -9.86. The maximum atomic E-state index is 11.4. The Morgan fingerprint density at radius 2 is 1.32 bits per heavy atom. The molecule has 0 saturated heterocycles. The van der Waals surface area contributed by atoms with E-state index < -0.39 is 38.9 Å². The molecule has 1 amide bonds. The molecular formula is C16H14ClK2NO9S2. The molecule has 2 atom stereocenters. The molecular weight excluding hydrogens is 528 g/mol. The van der Waals surface area contributed by atoms with Crippen molar-refractivity contribution in [3.8, 4) is 0 Å². The van der Waals surface area contributed by atoms with E-state index in [1.54, 1.807) is 0 Å². The summed E-state index contributed by atoms with van der Waals surface area (Å²) in [6.07, 6.45) is -2.79. The zero-order chi connectivity index (χ0) is 21.6. The van der Waals surface area contributed by atoms with E-state index in [4.69, 9.17) is 20.0 Å². The van der Waals surface area contributed by atoms with Crippen LogP contribution >= 0.6 is 11.6 Å². The third kappa shape index (κ3) is 7.86. The largest absolute Gasteiger partial charge is 0.398 e. The number of nitrogens with one attached hydrogen (secondary N) is 1. The number of rotatable bonds is 5. The van der Waals surface area contributed by atoms with Gasteiger partial charge >= 0.3 is 20.8 Å². The van der Waals surface area contributed by atoms with Crippen LogP contribution in [-0.4, -0.2) is 135 Å². The average Bonchev–Trinajstić information content (AvgIpc) is 2.57. The van der Waals surface area contributed by atoms with Crippen molar-refractivity contribution >= 4 is 147 Å². The fourth-order valence-electron chi connectivity index (χ4n) is 3.12. The van der Waals surface area contributed by atoms with E-state index in [-0.39, 0.29) is 136 Å². The van der Waals surface area contributed by atoms with E-state index in [9.17, 15) is 30.7 Å². The van der Waals surface area contributed by atoms with Crippen LogP contribution in [-0.2, 0) is 34.0 Å². The monoisotopic (exact) mass is 541 g/mol. The molecule has 2 radical (unpaired) electrons. The number of amides is 1. The van der Waals surface area contributed by atoms with Crippen LogP contribution in [0.15, 0.2) is 36.4 Å². The minimum absolute atomic E-state index is 0. The number of hydrogen-bond donors (Lipinski definition) is 3. The van der Waals surface area contributed by atoms with Crippen LogP contribution in [0.4, 0.5) is 5.69 Å². The Morgan fingerprint density at radius 3 is 1.71 bits per heavy atom. The second-order valence-corrected chi connectivity index (χ2v) is 8.58. The van der Waals surface area contributed by atoms with E-state index in [0.29, 0.717) is 0 Å². The summed E-state index contributed by atoms with van der Waals surface area (Å²) >= 11 is 6.16. The molecule has 158 valence electrons. The van der Waals surface area contributed by atoms with Crippen LogP contribution in [0.25, 0.3) is 0 Å². The van der Waals surface area contributed by atoms with E-state index in [2.05, 4.69) is 5.32 Å². The molecule has 0 aromatic heterocycles. The van der Waals surface area contributed by atoms with Crippen molar-refractivity contribution in [2.24, 2.45) is 0 Å². The van der Waals surface area contributed by atoms with Gasteiger partial charge < -0.3 is 5.32 Å². The van der Waals surface area contributed by atoms with Gasteiger partial charge in [-0.05, 0) is 34.4 Å². The third-order valence-corrected chi connectivity index (χ3v) is 5.23. The van der Waals surface area contributed by atoms with Gasteiger partial charge in [0.15, 0.2) is 0 Å². The third-order valence-electron chi connectivity index (χ3n) is 4.04. The van der Waals surface area contributed by atoms with Gasteiger partial charge in [-0.15, -0.1) is 0 Å². The molecule has 15 heteroatoms. The molecule has 0 fully saturated rings. The average molecular weight is 542 g/mol. The minimum Gasteiger partial charge on any atom is -0.325 e. The number of carbonyl (C=O) groups excluding carboxylic acids is 1. The Bertz CT molecular complexity index is 1210. The molecule has 3 rings (SSSR count). The van der Waals surface area contributed by atoms with E-state index in [0.717, 1.165) is 0 Å². The van der Waals surface area contributed by atoms with Gasteiger partial charge in [-0.25, -0.2) is 8.37 Å². The molecule has 0 heterocycles. The van der Waals surface area contributed by atoms with Crippen molar-refractivity contribution in [2.45, 2.75) is 19.1 Å². The van der Waals surface area contributed by atoms with E-state index in [1.165, 1.54) is 43.3 Å². The fourth-order valence-corrected chi connectivity index (χ4v) is 4.24. The van der Waals surface area contributed by atoms with Crippen LogP contribution in [0.1, 0.15) is 41.4 Å². The van der Waals surface area contributed by atoms with Crippen molar-refractivity contribution in [3.05, 3.63) is 63.7 Å². The predicted molar refractivity (Wildman–Crippen MR) is 113 cm³/mol. The molecule has 10 nitrogen and oxygen atoms in total. The molecule has 0 bridgehead atoms. The van der Waals surface area contributed by atoms with Gasteiger partial charge in [0.05, 0.1) is 10.7 Å². The van der Waals surface area contributed by atoms with Crippen LogP contribution in [0.3, 0.4) is 0 Å². The molecule has 0 saturated carbocycles. The van der Waals surface area contributed by atoms with E-state index >= 15 is 0 Å². The summed E-state index contributed by atoms with van der Waals surface area (Å²) in [4.78, 5) is 11.4. The normalized spacial score (nSPS) is 17.4. The van der Waals surface area contributed by atoms with Crippen molar-refractivity contribution in [1.29, 1.82) is 0 Å². The quantitative estimate of drug-likeness (QED) is 0.378. The number of hydrogen-bond acceptors (Lipinski definition) is 7. The first-order chi connectivity index (χ1) is 13.4. The van der Waals surface area contributed by atoms with Gasteiger partial charge in [0.25, 0.3) is 0 Å². The summed E-state index contributed by atoms with van der Waals surface area (Å²) < 4.78 is 73.7. The van der Waals surface area contributed by atoms with Crippen molar-refractivity contribution < 1.29 is 39.1 Å². The van der Waals surface area contributed by atoms with Crippen LogP contribution in [0.5, 0.6) is 0 Å². The number of carbonyl (C=O) groups is 1. The van der Waals surface area contributed by atoms with Gasteiger partial charge in [-0.3, -0.25) is 13.9 Å². The number of benzene rings is 2. The molecule has 2 unspecified atom stereocenters. The Hall–Kier alpha value is 1.21. The maximum Gasteiger partial charge on any atom is 0.398 e. The summed E-state index contributed by atoms with van der Waals surface area (Å²) in [5.41, 5.74) is 0.501. The molecule has 1 aliphatic rings. The maximum absolute atomic E-state index is 11.4. The zero-order valence-electron chi connectivity index (χ0n) is 16.6. The number of anilines is 1. The molecule has 2 aromatic rings. The first-order valence-corrected chi connectivity index (χ1v) is 11.0. The van der Waals surface area contributed by atoms with Crippen molar-refractivity contribution in [1.82, 2.24) is 0 Å². The molecule has 3 N–H and O–H groups in total. The second kappa shape index (κ2) is 11.8. The van der Waals surface area contributed by atoms with Crippen LogP contribution in [0.2, 0.25) is 5.02 Å². The smallest absolute Gasteiger partial charge is 0.325 e. The van der Waals surface area contributed by atoms with Gasteiger partial charge in [0.1, 0.15) is 12.2 Å². The van der Waals surface area contributed by atoms with Gasteiger partial charge in [-0.1, -0.05) is 35.9 Å². The Morgan fingerprint density at radius 1 is 0.903 bits per heavy atom. The molecule has 2 aromatic carbocycles. The van der Waals surface area contributed by atoms with Crippen LogP contribution < -0.4 is 5.32 Å². The van der Waals surface area contributed by atoms with Gasteiger partial charge in [0, 0.05) is 110 Å². The number of halogens is 1. The van der Waals surface area contributed by atoms with Gasteiger partial charge in [-0.2, -0.15) is 16.8 Å². The molecule has 1 aliphatic carbocycles.